The van der Waals surface area contributed by atoms with E-state index in [0.717, 1.165) is 5.76 Å². The SMILES string of the molecule is CNc1c(F)cccc1C(=O)NCCc1ccco1. The average Bonchev–Trinajstić information content (AvgIpc) is 2.91. The molecule has 1 aromatic heterocycles. The molecule has 100 valence electrons. The van der Waals surface area contributed by atoms with Gasteiger partial charge in [0.15, 0.2) is 0 Å². The molecular formula is C14H15FN2O2. The summed E-state index contributed by atoms with van der Waals surface area (Å²) in [6.07, 6.45) is 2.19. The van der Waals surface area contributed by atoms with E-state index in [1.54, 1.807) is 25.4 Å². The van der Waals surface area contributed by atoms with Gasteiger partial charge in [-0.3, -0.25) is 4.79 Å². The zero-order chi connectivity index (χ0) is 13.7. The number of amides is 1. The number of para-hydroxylation sites is 1. The molecule has 0 radical (unpaired) electrons. The van der Waals surface area contributed by atoms with Gasteiger partial charge in [0.25, 0.3) is 5.91 Å². The summed E-state index contributed by atoms with van der Waals surface area (Å²) in [5.74, 6) is 0.0463. The fourth-order valence-electron chi connectivity index (χ4n) is 1.82. The van der Waals surface area contributed by atoms with Crippen molar-refractivity contribution in [1.29, 1.82) is 0 Å². The van der Waals surface area contributed by atoms with E-state index in [4.69, 9.17) is 4.42 Å². The number of nitrogens with one attached hydrogen (secondary N) is 2. The van der Waals surface area contributed by atoms with Gasteiger partial charge in [0.2, 0.25) is 0 Å². The standard InChI is InChI=1S/C14H15FN2O2/c1-16-13-11(5-2-6-12(13)15)14(18)17-8-7-10-4-3-9-19-10/h2-6,9,16H,7-8H2,1H3,(H,17,18). The van der Waals surface area contributed by atoms with Crippen LogP contribution >= 0.6 is 0 Å². The van der Waals surface area contributed by atoms with Gasteiger partial charge < -0.3 is 15.1 Å². The summed E-state index contributed by atoms with van der Waals surface area (Å²) >= 11 is 0. The van der Waals surface area contributed by atoms with Gasteiger partial charge in [-0.2, -0.15) is 0 Å². The lowest BCUT2D eigenvalue weighted by molar-refractivity contribution is 0.0954. The van der Waals surface area contributed by atoms with Gasteiger partial charge in [-0.25, -0.2) is 4.39 Å². The van der Waals surface area contributed by atoms with Gasteiger partial charge in [0, 0.05) is 20.0 Å². The highest BCUT2D eigenvalue weighted by Gasteiger charge is 2.13. The van der Waals surface area contributed by atoms with Crippen molar-refractivity contribution in [1.82, 2.24) is 5.32 Å². The van der Waals surface area contributed by atoms with Crippen molar-refractivity contribution in [2.45, 2.75) is 6.42 Å². The first-order chi connectivity index (χ1) is 9.22. The Labute approximate surface area is 110 Å². The Kier molecular flexibility index (Phi) is 4.18. The maximum atomic E-state index is 13.5. The molecule has 2 rings (SSSR count). The molecule has 0 aliphatic rings. The smallest absolute Gasteiger partial charge is 0.253 e. The van der Waals surface area contributed by atoms with Crippen molar-refractivity contribution < 1.29 is 13.6 Å². The van der Waals surface area contributed by atoms with Gasteiger partial charge in [-0.1, -0.05) is 6.07 Å². The third-order valence-corrected chi connectivity index (χ3v) is 2.75. The first-order valence-corrected chi connectivity index (χ1v) is 5.99. The van der Waals surface area contributed by atoms with Crippen molar-refractivity contribution in [3.63, 3.8) is 0 Å². The van der Waals surface area contributed by atoms with Crippen LogP contribution in [0, 0.1) is 5.82 Å². The predicted molar refractivity (Wildman–Crippen MR) is 70.7 cm³/mol. The Morgan fingerprint density at radius 1 is 1.32 bits per heavy atom. The van der Waals surface area contributed by atoms with Gasteiger partial charge in [0.1, 0.15) is 11.6 Å². The second-order valence-corrected chi connectivity index (χ2v) is 4.00. The second-order valence-electron chi connectivity index (χ2n) is 4.00. The first-order valence-electron chi connectivity index (χ1n) is 5.99. The molecule has 0 saturated carbocycles. The number of anilines is 1. The summed E-state index contributed by atoms with van der Waals surface area (Å²) in [5, 5.41) is 5.43. The fraction of sp³-hybridized carbons (Fsp3) is 0.214. The highest BCUT2D eigenvalue weighted by molar-refractivity contribution is 5.99. The molecule has 2 aromatic rings. The number of hydrogen-bond acceptors (Lipinski definition) is 3. The highest BCUT2D eigenvalue weighted by Crippen LogP contribution is 2.18. The van der Waals surface area contributed by atoms with Crippen molar-refractivity contribution in [2.24, 2.45) is 0 Å². The van der Waals surface area contributed by atoms with Crippen LogP contribution in [0.1, 0.15) is 16.1 Å². The summed E-state index contributed by atoms with van der Waals surface area (Å²) in [6.45, 7) is 0.437. The molecule has 0 atom stereocenters. The van der Waals surface area contributed by atoms with E-state index in [9.17, 15) is 9.18 Å². The zero-order valence-electron chi connectivity index (χ0n) is 10.6. The maximum absolute atomic E-state index is 13.5. The number of benzene rings is 1. The Balaban J connectivity index is 1.98. The lowest BCUT2D eigenvalue weighted by Crippen LogP contribution is -2.26. The van der Waals surface area contributed by atoms with Crippen LogP contribution in [0.2, 0.25) is 0 Å². The van der Waals surface area contributed by atoms with Crippen LogP contribution in [-0.2, 0) is 6.42 Å². The van der Waals surface area contributed by atoms with E-state index in [1.807, 2.05) is 6.07 Å². The quantitative estimate of drug-likeness (QED) is 0.870. The van der Waals surface area contributed by atoms with Crippen LogP contribution < -0.4 is 10.6 Å². The topological polar surface area (TPSA) is 54.3 Å². The lowest BCUT2D eigenvalue weighted by atomic mass is 10.1. The van der Waals surface area contributed by atoms with Crippen molar-refractivity contribution >= 4 is 11.6 Å². The van der Waals surface area contributed by atoms with Gasteiger partial charge in [0.05, 0.1) is 17.5 Å². The average molecular weight is 262 g/mol. The summed E-state index contributed by atoms with van der Waals surface area (Å²) in [6, 6.07) is 8.04. The lowest BCUT2D eigenvalue weighted by Gasteiger charge is -2.10. The Morgan fingerprint density at radius 2 is 2.16 bits per heavy atom. The number of carbonyl (C=O) groups is 1. The number of hydrogen-bond donors (Lipinski definition) is 2. The molecule has 1 amide bonds. The third-order valence-electron chi connectivity index (χ3n) is 2.75. The molecule has 0 bridgehead atoms. The van der Waals surface area contributed by atoms with Crippen LogP contribution in [-0.4, -0.2) is 19.5 Å². The molecule has 0 saturated heterocycles. The minimum atomic E-state index is -0.443. The highest BCUT2D eigenvalue weighted by atomic mass is 19.1. The molecule has 0 unspecified atom stereocenters. The van der Waals surface area contributed by atoms with Gasteiger partial charge in [-0.05, 0) is 24.3 Å². The molecule has 19 heavy (non-hydrogen) atoms. The van der Waals surface area contributed by atoms with Crippen LogP contribution in [0.3, 0.4) is 0 Å². The molecular weight excluding hydrogens is 247 g/mol. The van der Waals surface area contributed by atoms with Gasteiger partial charge in [-0.15, -0.1) is 0 Å². The summed E-state index contributed by atoms with van der Waals surface area (Å²) in [7, 11) is 1.58. The number of rotatable bonds is 5. The number of halogens is 1. The molecule has 2 N–H and O–H groups in total. The Bertz CT molecular complexity index is 553. The number of furan rings is 1. The summed E-state index contributed by atoms with van der Waals surface area (Å²) in [5.41, 5.74) is 0.500. The van der Waals surface area contributed by atoms with Crippen LogP contribution in [0.5, 0.6) is 0 Å². The summed E-state index contributed by atoms with van der Waals surface area (Å²) < 4.78 is 18.7. The minimum absolute atomic E-state index is 0.206. The van der Waals surface area contributed by atoms with Crippen LogP contribution in [0.15, 0.2) is 41.0 Å². The Hall–Kier alpha value is -2.30. The van der Waals surface area contributed by atoms with E-state index in [0.29, 0.717) is 18.5 Å². The van der Waals surface area contributed by atoms with Crippen LogP contribution in [0.4, 0.5) is 10.1 Å². The molecule has 0 fully saturated rings. The first kappa shape index (κ1) is 13.1. The zero-order valence-corrected chi connectivity index (χ0v) is 10.6. The number of carbonyl (C=O) groups excluding carboxylic acids is 1. The molecule has 4 nitrogen and oxygen atoms in total. The minimum Gasteiger partial charge on any atom is -0.469 e. The molecule has 1 aromatic carbocycles. The fourth-order valence-corrected chi connectivity index (χ4v) is 1.82. The van der Waals surface area contributed by atoms with E-state index < -0.39 is 5.82 Å². The molecule has 1 heterocycles. The summed E-state index contributed by atoms with van der Waals surface area (Å²) in [4.78, 5) is 12.0. The third kappa shape index (κ3) is 3.13. The van der Waals surface area contributed by atoms with Crippen molar-refractivity contribution in [3.05, 3.63) is 53.7 Å². The normalized spacial score (nSPS) is 10.2. The molecule has 5 heteroatoms. The monoisotopic (exact) mass is 262 g/mol. The molecule has 0 aliphatic carbocycles. The molecule has 0 spiro atoms. The van der Waals surface area contributed by atoms with Gasteiger partial charge >= 0.3 is 0 Å². The van der Waals surface area contributed by atoms with E-state index in [-0.39, 0.29) is 11.6 Å². The maximum Gasteiger partial charge on any atom is 0.253 e. The van der Waals surface area contributed by atoms with Crippen molar-refractivity contribution in [2.75, 3.05) is 18.9 Å². The van der Waals surface area contributed by atoms with Crippen LogP contribution in [0.25, 0.3) is 0 Å². The molecule has 0 aliphatic heterocycles. The largest absolute Gasteiger partial charge is 0.469 e. The Morgan fingerprint density at radius 3 is 2.84 bits per heavy atom. The van der Waals surface area contributed by atoms with E-state index in [2.05, 4.69) is 10.6 Å². The van der Waals surface area contributed by atoms with E-state index in [1.165, 1.54) is 12.1 Å². The second kappa shape index (κ2) is 6.04. The predicted octanol–water partition coefficient (Wildman–Crippen LogP) is 2.43. The van der Waals surface area contributed by atoms with E-state index >= 15 is 0 Å². The van der Waals surface area contributed by atoms with Crippen molar-refractivity contribution in [3.8, 4) is 0 Å².